The zero-order valence-corrected chi connectivity index (χ0v) is 14.9. The van der Waals surface area contributed by atoms with Crippen LogP contribution in [0.15, 0.2) is 60.7 Å². The van der Waals surface area contributed by atoms with Crippen LogP contribution in [-0.2, 0) is 4.79 Å². The molecule has 0 spiro atoms. The van der Waals surface area contributed by atoms with E-state index in [1.54, 1.807) is 6.08 Å². The van der Waals surface area contributed by atoms with Crippen molar-refractivity contribution in [2.45, 2.75) is 12.8 Å². The van der Waals surface area contributed by atoms with Crippen LogP contribution in [-0.4, -0.2) is 34.8 Å². The molecule has 3 aromatic rings. The highest BCUT2D eigenvalue weighted by Gasteiger charge is 2.20. The van der Waals surface area contributed by atoms with E-state index in [1.807, 2.05) is 59.5 Å². The number of likely N-dealkylation sites (tertiary alicyclic amines) is 1. The molecule has 0 aliphatic carbocycles. The topological polar surface area (TPSA) is 65.2 Å². The lowest BCUT2D eigenvalue weighted by Crippen LogP contribution is -2.27. The first kappa shape index (κ1) is 17.1. The molecule has 2 amide bonds. The summed E-state index contributed by atoms with van der Waals surface area (Å²) in [6.07, 6.45) is 5.42. The Hall–Kier alpha value is -3.34. The molecule has 0 bridgehead atoms. The van der Waals surface area contributed by atoms with Gasteiger partial charge in [0.05, 0.1) is 0 Å². The van der Waals surface area contributed by atoms with Crippen molar-refractivity contribution in [1.82, 2.24) is 9.88 Å². The first-order chi connectivity index (χ1) is 13.2. The minimum atomic E-state index is -0.192. The number of H-pyrrole nitrogens is 1. The second kappa shape index (κ2) is 7.50. The van der Waals surface area contributed by atoms with Gasteiger partial charge in [-0.2, -0.15) is 0 Å². The van der Waals surface area contributed by atoms with Gasteiger partial charge >= 0.3 is 0 Å². The number of carbonyl (C=O) groups excluding carboxylic acids is 2. The molecule has 136 valence electrons. The number of nitrogens with one attached hydrogen (secondary N) is 2. The molecule has 5 heteroatoms. The van der Waals surface area contributed by atoms with E-state index in [4.69, 9.17) is 0 Å². The SMILES string of the molecule is O=C(/C=C/c1ccccc1)Nc1ccc2[nH]c(C(=O)N3CCCC3)cc2c1. The van der Waals surface area contributed by atoms with Crippen molar-refractivity contribution in [3.63, 3.8) is 0 Å². The summed E-state index contributed by atoms with van der Waals surface area (Å²) in [7, 11) is 0. The lowest BCUT2D eigenvalue weighted by molar-refractivity contribution is -0.111. The van der Waals surface area contributed by atoms with Crippen molar-refractivity contribution in [1.29, 1.82) is 0 Å². The first-order valence-electron chi connectivity index (χ1n) is 9.15. The highest BCUT2D eigenvalue weighted by Crippen LogP contribution is 2.22. The van der Waals surface area contributed by atoms with E-state index < -0.39 is 0 Å². The van der Waals surface area contributed by atoms with Gasteiger partial charge in [0.1, 0.15) is 5.69 Å². The Bertz CT molecular complexity index is 999. The number of hydrogen-bond acceptors (Lipinski definition) is 2. The van der Waals surface area contributed by atoms with E-state index >= 15 is 0 Å². The molecule has 5 nitrogen and oxygen atoms in total. The molecule has 1 saturated heterocycles. The fourth-order valence-corrected chi connectivity index (χ4v) is 3.34. The van der Waals surface area contributed by atoms with Crippen molar-refractivity contribution in [2.24, 2.45) is 0 Å². The number of anilines is 1. The molecule has 0 atom stereocenters. The van der Waals surface area contributed by atoms with Gasteiger partial charge in [0, 0.05) is 35.8 Å². The predicted octanol–water partition coefficient (Wildman–Crippen LogP) is 4.06. The number of aromatic nitrogens is 1. The summed E-state index contributed by atoms with van der Waals surface area (Å²) >= 11 is 0. The Labute approximate surface area is 157 Å². The summed E-state index contributed by atoms with van der Waals surface area (Å²) < 4.78 is 0. The van der Waals surface area contributed by atoms with Gasteiger partial charge in [-0.25, -0.2) is 0 Å². The molecule has 1 aliphatic rings. The summed E-state index contributed by atoms with van der Waals surface area (Å²) in [5.41, 5.74) is 3.15. The normalized spacial score (nSPS) is 14.1. The van der Waals surface area contributed by atoms with Gasteiger partial charge in [-0.1, -0.05) is 30.3 Å². The lowest BCUT2D eigenvalue weighted by atomic mass is 10.2. The zero-order valence-electron chi connectivity index (χ0n) is 14.9. The molecule has 1 aromatic heterocycles. The number of hydrogen-bond donors (Lipinski definition) is 2. The van der Waals surface area contributed by atoms with Crippen LogP contribution in [0, 0.1) is 0 Å². The summed E-state index contributed by atoms with van der Waals surface area (Å²) in [6, 6.07) is 17.1. The summed E-state index contributed by atoms with van der Waals surface area (Å²) in [5.74, 6) is -0.151. The Morgan fingerprint density at radius 3 is 2.56 bits per heavy atom. The molecular formula is C22H21N3O2. The summed E-state index contributed by atoms with van der Waals surface area (Å²) in [4.78, 5) is 29.7. The molecular weight excluding hydrogens is 338 g/mol. The monoisotopic (exact) mass is 359 g/mol. The minimum Gasteiger partial charge on any atom is -0.351 e. The maximum absolute atomic E-state index is 12.5. The van der Waals surface area contributed by atoms with Gasteiger partial charge in [0.25, 0.3) is 5.91 Å². The maximum Gasteiger partial charge on any atom is 0.270 e. The predicted molar refractivity (Wildman–Crippen MR) is 108 cm³/mol. The third-order valence-electron chi connectivity index (χ3n) is 4.74. The quantitative estimate of drug-likeness (QED) is 0.690. The van der Waals surface area contributed by atoms with E-state index in [2.05, 4.69) is 10.3 Å². The third-order valence-corrected chi connectivity index (χ3v) is 4.74. The number of rotatable bonds is 4. The van der Waals surface area contributed by atoms with Crippen LogP contribution >= 0.6 is 0 Å². The van der Waals surface area contributed by atoms with Crippen molar-refractivity contribution < 1.29 is 9.59 Å². The highest BCUT2D eigenvalue weighted by molar-refractivity contribution is 6.04. The van der Waals surface area contributed by atoms with Gasteiger partial charge in [0.15, 0.2) is 0 Å². The van der Waals surface area contributed by atoms with Crippen LogP contribution in [0.2, 0.25) is 0 Å². The van der Waals surface area contributed by atoms with Crippen LogP contribution < -0.4 is 5.32 Å². The second-order valence-corrected chi connectivity index (χ2v) is 6.72. The molecule has 4 rings (SSSR count). The number of carbonyl (C=O) groups is 2. The maximum atomic E-state index is 12.5. The Morgan fingerprint density at radius 2 is 1.78 bits per heavy atom. The molecule has 27 heavy (non-hydrogen) atoms. The van der Waals surface area contributed by atoms with Crippen LogP contribution in [0.3, 0.4) is 0 Å². The zero-order chi connectivity index (χ0) is 18.6. The Morgan fingerprint density at radius 1 is 1.00 bits per heavy atom. The van der Waals surface area contributed by atoms with Crippen LogP contribution in [0.5, 0.6) is 0 Å². The first-order valence-corrected chi connectivity index (χ1v) is 9.15. The van der Waals surface area contributed by atoms with E-state index in [-0.39, 0.29) is 11.8 Å². The highest BCUT2D eigenvalue weighted by atomic mass is 16.2. The number of aromatic amines is 1. The molecule has 1 aliphatic heterocycles. The van der Waals surface area contributed by atoms with Gasteiger partial charge < -0.3 is 15.2 Å². The fourth-order valence-electron chi connectivity index (χ4n) is 3.34. The van der Waals surface area contributed by atoms with Gasteiger partial charge in [-0.15, -0.1) is 0 Å². The van der Waals surface area contributed by atoms with Crippen LogP contribution in [0.1, 0.15) is 28.9 Å². The van der Waals surface area contributed by atoms with Crippen molar-refractivity contribution >= 4 is 34.5 Å². The Kier molecular flexibility index (Phi) is 4.75. The van der Waals surface area contributed by atoms with Crippen molar-refractivity contribution in [2.75, 3.05) is 18.4 Å². The summed E-state index contributed by atoms with van der Waals surface area (Å²) in [6.45, 7) is 1.65. The molecule has 0 radical (unpaired) electrons. The average Bonchev–Trinajstić information content (AvgIpc) is 3.36. The van der Waals surface area contributed by atoms with Crippen LogP contribution in [0.25, 0.3) is 17.0 Å². The van der Waals surface area contributed by atoms with Gasteiger partial charge in [0.2, 0.25) is 5.91 Å². The largest absolute Gasteiger partial charge is 0.351 e. The standard InChI is InChI=1S/C22H21N3O2/c26-21(11-8-16-6-2-1-3-7-16)23-18-9-10-19-17(14-18)15-20(24-19)22(27)25-12-4-5-13-25/h1-3,6-11,14-15,24H,4-5,12-13H2,(H,23,26)/b11-8+. The second-order valence-electron chi connectivity index (χ2n) is 6.72. The Balaban J connectivity index is 1.47. The number of benzene rings is 2. The minimum absolute atomic E-state index is 0.0417. The number of fused-ring (bicyclic) bond motifs is 1. The van der Waals surface area contributed by atoms with E-state index in [9.17, 15) is 9.59 Å². The smallest absolute Gasteiger partial charge is 0.270 e. The summed E-state index contributed by atoms with van der Waals surface area (Å²) in [5, 5.41) is 3.77. The van der Waals surface area contributed by atoms with Crippen molar-refractivity contribution in [3.8, 4) is 0 Å². The third kappa shape index (κ3) is 3.92. The molecule has 0 saturated carbocycles. The molecule has 0 unspecified atom stereocenters. The average molecular weight is 359 g/mol. The molecule has 2 aromatic carbocycles. The molecule has 2 heterocycles. The molecule has 2 N–H and O–H groups in total. The van der Waals surface area contributed by atoms with Crippen molar-refractivity contribution in [3.05, 3.63) is 71.9 Å². The van der Waals surface area contributed by atoms with E-state index in [1.165, 1.54) is 6.08 Å². The van der Waals surface area contributed by atoms with E-state index in [0.29, 0.717) is 11.4 Å². The fraction of sp³-hybridized carbons (Fsp3) is 0.182. The van der Waals surface area contributed by atoms with E-state index in [0.717, 1.165) is 42.4 Å². The van der Waals surface area contributed by atoms with Crippen LogP contribution in [0.4, 0.5) is 5.69 Å². The lowest BCUT2D eigenvalue weighted by Gasteiger charge is -2.13. The molecule has 1 fully saturated rings. The van der Waals surface area contributed by atoms with Gasteiger partial charge in [-0.05, 0) is 48.7 Å². The number of amides is 2. The number of nitrogens with zero attached hydrogens (tertiary/aromatic N) is 1. The van der Waals surface area contributed by atoms with Gasteiger partial charge in [-0.3, -0.25) is 9.59 Å².